The van der Waals surface area contributed by atoms with Gasteiger partial charge in [0, 0.05) is 18.7 Å². The third kappa shape index (κ3) is 2.69. The van der Waals surface area contributed by atoms with Crippen LogP contribution in [-0.2, 0) is 4.79 Å². The smallest absolute Gasteiger partial charge is 0.237 e. The van der Waals surface area contributed by atoms with Crippen LogP contribution in [0, 0.1) is 0 Å². The lowest BCUT2D eigenvalue weighted by atomic mass is 9.94. The predicted molar refractivity (Wildman–Crippen MR) is 59.6 cm³/mol. The van der Waals surface area contributed by atoms with Crippen LogP contribution in [0.1, 0.15) is 33.6 Å². The zero-order chi connectivity index (χ0) is 11.5. The van der Waals surface area contributed by atoms with Crippen molar-refractivity contribution >= 4 is 5.91 Å². The fourth-order valence-corrected chi connectivity index (χ4v) is 2.19. The van der Waals surface area contributed by atoms with E-state index in [1.54, 1.807) is 0 Å². The summed E-state index contributed by atoms with van der Waals surface area (Å²) in [6.07, 6.45) is 1.55. The first-order valence-corrected chi connectivity index (χ1v) is 5.68. The molecule has 1 aliphatic rings. The van der Waals surface area contributed by atoms with Gasteiger partial charge in [0.05, 0.1) is 6.04 Å². The van der Waals surface area contributed by atoms with E-state index in [-0.39, 0.29) is 24.1 Å². The van der Waals surface area contributed by atoms with Gasteiger partial charge in [-0.15, -0.1) is 0 Å². The van der Waals surface area contributed by atoms with E-state index < -0.39 is 0 Å². The summed E-state index contributed by atoms with van der Waals surface area (Å²) in [5, 5.41) is 11.9. The molecule has 0 aromatic carbocycles. The maximum Gasteiger partial charge on any atom is 0.237 e. The van der Waals surface area contributed by atoms with Crippen molar-refractivity contribution in [1.82, 2.24) is 10.2 Å². The third-order valence-corrected chi connectivity index (χ3v) is 3.02. The Kier molecular flexibility index (Phi) is 4.11. The lowest BCUT2D eigenvalue weighted by Crippen LogP contribution is -2.65. The maximum absolute atomic E-state index is 11.7. The van der Waals surface area contributed by atoms with Gasteiger partial charge in [0.2, 0.25) is 5.91 Å². The average Bonchev–Trinajstić information content (AvgIpc) is 2.18. The summed E-state index contributed by atoms with van der Waals surface area (Å²) in [7, 11) is 0. The van der Waals surface area contributed by atoms with Gasteiger partial charge in [-0.1, -0.05) is 6.92 Å². The molecule has 4 nitrogen and oxygen atoms in total. The first-order valence-electron chi connectivity index (χ1n) is 5.68. The molecule has 1 aliphatic heterocycles. The highest BCUT2D eigenvalue weighted by Crippen LogP contribution is 2.23. The van der Waals surface area contributed by atoms with Gasteiger partial charge in [-0.05, 0) is 33.2 Å². The van der Waals surface area contributed by atoms with Gasteiger partial charge < -0.3 is 10.4 Å². The van der Waals surface area contributed by atoms with Crippen LogP contribution in [0.25, 0.3) is 0 Å². The normalized spacial score (nSPS) is 26.4. The minimum atomic E-state index is -0.168. The van der Waals surface area contributed by atoms with Crippen LogP contribution in [0.4, 0.5) is 0 Å². The number of carbonyl (C=O) groups is 1. The van der Waals surface area contributed by atoms with Crippen molar-refractivity contribution in [2.24, 2.45) is 0 Å². The van der Waals surface area contributed by atoms with E-state index in [9.17, 15) is 4.79 Å². The van der Waals surface area contributed by atoms with Crippen LogP contribution in [0.15, 0.2) is 0 Å². The largest absolute Gasteiger partial charge is 0.396 e. The second kappa shape index (κ2) is 4.94. The first-order chi connectivity index (χ1) is 7.03. The van der Waals surface area contributed by atoms with Crippen molar-refractivity contribution in [1.29, 1.82) is 0 Å². The molecular formula is C11H22N2O2. The molecule has 0 bridgehead atoms. The molecule has 0 aromatic rings. The molecule has 0 aromatic heterocycles. The van der Waals surface area contributed by atoms with E-state index in [0.717, 1.165) is 13.0 Å². The molecule has 0 saturated carbocycles. The highest BCUT2D eigenvalue weighted by molar-refractivity contribution is 5.82. The number of hydrogen-bond acceptors (Lipinski definition) is 3. The fourth-order valence-electron chi connectivity index (χ4n) is 2.19. The Morgan fingerprint density at radius 3 is 2.80 bits per heavy atom. The molecule has 1 unspecified atom stereocenters. The molecule has 0 spiro atoms. The highest BCUT2D eigenvalue weighted by Gasteiger charge is 2.39. The van der Waals surface area contributed by atoms with E-state index in [2.05, 4.69) is 31.0 Å². The van der Waals surface area contributed by atoms with Gasteiger partial charge in [0.25, 0.3) is 0 Å². The highest BCUT2D eigenvalue weighted by atomic mass is 16.3. The van der Waals surface area contributed by atoms with Crippen LogP contribution < -0.4 is 5.32 Å². The summed E-state index contributed by atoms with van der Waals surface area (Å²) in [5.41, 5.74) is -0.0102. The zero-order valence-electron chi connectivity index (χ0n) is 9.92. The summed E-state index contributed by atoms with van der Waals surface area (Å²) in [6, 6.07) is -0.168. The number of hydrogen-bond donors (Lipinski definition) is 2. The second-order valence-electron chi connectivity index (χ2n) is 4.75. The number of piperazine rings is 1. The van der Waals surface area contributed by atoms with E-state index in [1.807, 2.05) is 0 Å². The molecule has 1 heterocycles. The number of nitrogens with one attached hydrogen (secondary N) is 1. The van der Waals surface area contributed by atoms with Gasteiger partial charge >= 0.3 is 0 Å². The first kappa shape index (κ1) is 12.5. The molecule has 15 heavy (non-hydrogen) atoms. The quantitative estimate of drug-likeness (QED) is 0.710. The van der Waals surface area contributed by atoms with Crippen molar-refractivity contribution in [2.75, 3.05) is 19.7 Å². The van der Waals surface area contributed by atoms with Gasteiger partial charge in [-0.2, -0.15) is 0 Å². The van der Waals surface area contributed by atoms with E-state index in [1.165, 1.54) is 0 Å². The molecule has 1 saturated heterocycles. The van der Waals surface area contributed by atoms with Crippen LogP contribution in [0.5, 0.6) is 0 Å². The topological polar surface area (TPSA) is 52.6 Å². The number of carbonyl (C=O) groups excluding carboxylic acids is 1. The molecule has 1 amide bonds. The number of amides is 1. The van der Waals surface area contributed by atoms with Crippen molar-refractivity contribution in [3.05, 3.63) is 0 Å². The monoisotopic (exact) mass is 214 g/mol. The lowest BCUT2D eigenvalue weighted by molar-refractivity contribution is -0.135. The Morgan fingerprint density at radius 1 is 1.60 bits per heavy atom. The van der Waals surface area contributed by atoms with Crippen molar-refractivity contribution in [2.45, 2.75) is 45.2 Å². The molecule has 1 fully saturated rings. The molecule has 1 rings (SSSR count). The third-order valence-electron chi connectivity index (χ3n) is 3.02. The number of aliphatic hydroxyl groups is 1. The summed E-state index contributed by atoms with van der Waals surface area (Å²) >= 11 is 0. The Balaban J connectivity index is 2.80. The number of rotatable bonds is 4. The zero-order valence-corrected chi connectivity index (χ0v) is 9.92. The summed E-state index contributed by atoms with van der Waals surface area (Å²) < 4.78 is 0. The van der Waals surface area contributed by atoms with Gasteiger partial charge in [0.1, 0.15) is 0 Å². The molecule has 88 valence electrons. The average molecular weight is 214 g/mol. The van der Waals surface area contributed by atoms with Gasteiger partial charge in [-0.3, -0.25) is 9.69 Å². The predicted octanol–water partition coefficient (Wildman–Crippen LogP) is 0.358. The number of aliphatic hydroxyl groups excluding tert-OH is 1. The Hall–Kier alpha value is -0.610. The molecule has 2 N–H and O–H groups in total. The molecule has 1 atom stereocenters. The van der Waals surface area contributed by atoms with Crippen LogP contribution in [0.2, 0.25) is 0 Å². The minimum absolute atomic E-state index is 0.0102. The summed E-state index contributed by atoms with van der Waals surface area (Å²) in [4.78, 5) is 13.9. The van der Waals surface area contributed by atoms with Crippen molar-refractivity contribution in [3.8, 4) is 0 Å². The van der Waals surface area contributed by atoms with Gasteiger partial charge in [0.15, 0.2) is 0 Å². The van der Waals surface area contributed by atoms with Crippen molar-refractivity contribution < 1.29 is 9.90 Å². The summed E-state index contributed by atoms with van der Waals surface area (Å²) in [6.45, 7) is 8.03. The Morgan fingerprint density at radius 2 is 2.27 bits per heavy atom. The van der Waals surface area contributed by atoms with Crippen LogP contribution in [0.3, 0.4) is 0 Å². The molecule has 4 heteroatoms. The molecule has 0 aliphatic carbocycles. The fraction of sp³-hybridized carbons (Fsp3) is 0.909. The SMILES string of the molecule is CCCN1C(CCO)C(=O)NCC1(C)C. The van der Waals surface area contributed by atoms with E-state index in [0.29, 0.717) is 13.0 Å². The molecular weight excluding hydrogens is 192 g/mol. The Labute approximate surface area is 91.6 Å². The molecule has 0 radical (unpaired) electrons. The minimum Gasteiger partial charge on any atom is -0.396 e. The Bertz CT molecular complexity index is 229. The van der Waals surface area contributed by atoms with Crippen molar-refractivity contribution in [3.63, 3.8) is 0 Å². The number of nitrogens with zero attached hydrogens (tertiary/aromatic N) is 1. The van der Waals surface area contributed by atoms with E-state index >= 15 is 0 Å². The van der Waals surface area contributed by atoms with E-state index in [4.69, 9.17) is 5.11 Å². The van der Waals surface area contributed by atoms with Gasteiger partial charge in [-0.25, -0.2) is 0 Å². The second-order valence-corrected chi connectivity index (χ2v) is 4.75. The van der Waals surface area contributed by atoms with Crippen LogP contribution >= 0.6 is 0 Å². The van der Waals surface area contributed by atoms with Crippen LogP contribution in [-0.4, -0.2) is 47.2 Å². The summed E-state index contributed by atoms with van der Waals surface area (Å²) in [5.74, 6) is 0.0526. The lowest BCUT2D eigenvalue weighted by Gasteiger charge is -2.47. The maximum atomic E-state index is 11.7. The standard InChI is InChI=1S/C11H22N2O2/c1-4-6-13-9(5-7-14)10(15)12-8-11(13,2)3/h9,14H,4-8H2,1-3H3,(H,12,15).